The predicted octanol–water partition coefficient (Wildman–Crippen LogP) is 7.69. The first-order valence-corrected chi connectivity index (χ1v) is 15.2. The Labute approximate surface area is 248 Å². The molecule has 5 aromatic carbocycles. The average Bonchev–Trinajstić information content (AvgIpc) is 3.61. The topological polar surface area (TPSA) is 26.3 Å². The summed E-state index contributed by atoms with van der Waals surface area (Å²) in [7, 11) is 0. The summed E-state index contributed by atoms with van der Waals surface area (Å²) < 4.78 is 16.9. The van der Waals surface area contributed by atoms with Gasteiger partial charge in [-0.05, 0) is 60.0 Å². The van der Waals surface area contributed by atoms with Crippen LogP contribution >= 0.6 is 0 Å². The van der Waals surface area contributed by atoms with Crippen LogP contribution in [0.1, 0.15) is 11.1 Å². The van der Waals surface area contributed by atoms with Gasteiger partial charge in [-0.15, -0.1) is 9.13 Å². The molecule has 200 valence electrons. The van der Waals surface area contributed by atoms with Crippen molar-refractivity contribution in [3.8, 4) is 17.4 Å². The summed E-state index contributed by atoms with van der Waals surface area (Å²) in [6.07, 6.45) is 0. The van der Waals surface area contributed by atoms with Crippen LogP contribution in [-0.4, -0.2) is 8.97 Å². The van der Waals surface area contributed by atoms with Crippen LogP contribution in [0.5, 0.6) is 11.8 Å². The third kappa shape index (κ3) is 1.84. The molecule has 0 bridgehead atoms. The van der Waals surface area contributed by atoms with Gasteiger partial charge in [-0.2, -0.15) is 8.97 Å². The minimum atomic E-state index is -0.704. The van der Waals surface area contributed by atoms with Gasteiger partial charge in [-0.25, -0.2) is 0 Å². The molecule has 0 saturated carbocycles. The van der Waals surface area contributed by atoms with Crippen LogP contribution in [0, 0.1) is 0 Å². The molecule has 0 aliphatic carbocycles. The van der Waals surface area contributed by atoms with Gasteiger partial charge in [0.2, 0.25) is 0 Å². The Hall–Kier alpha value is -5.94. The highest BCUT2D eigenvalue weighted by molar-refractivity contribution is 6.28. The molecule has 8 heterocycles. The zero-order chi connectivity index (χ0) is 28.1. The van der Waals surface area contributed by atoms with Crippen LogP contribution < -0.4 is 13.9 Å². The van der Waals surface area contributed by atoms with E-state index >= 15 is 0 Å². The van der Waals surface area contributed by atoms with Crippen molar-refractivity contribution in [1.82, 2.24) is 8.97 Å². The highest BCUT2D eigenvalue weighted by Gasteiger charge is 2.63. The van der Waals surface area contributed by atoms with Crippen molar-refractivity contribution < 1.29 is 13.9 Å². The average molecular weight is 561 g/mol. The standard InChI is InChI=1S/C39H20N4O/c1-3-13-30-22(8-1)26-17-19-32-42-37(26)40(30)31-14-4-2-11-28(31)39(42)29-12-6-10-24-25-16-15-21-7-5-9-23-27-18-20-33(44-32)43(39)38(27)41(35(24)29)36(25)34(21)23/h1-20H/q+2. The number of benzene rings is 5. The van der Waals surface area contributed by atoms with Gasteiger partial charge in [-0.1, -0.05) is 54.6 Å². The molecule has 1 spiro atoms. The molecule has 0 radical (unpaired) electrons. The SMILES string of the molecule is c1ccc2c(c1)-n1c3ccccc3c3ccc4[n+](c31)C21c2cccc3c5ccc6cccc7c8ccc([n+]1c8n(c23)c5c67)O4. The minimum absolute atomic E-state index is 0.704. The lowest BCUT2D eigenvalue weighted by molar-refractivity contribution is -0.967. The van der Waals surface area contributed by atoms with Gasteiger partial charge in [0.05, 0.1) is 21.9 Å². The molecule has 5 aromatic heterocycles. The Morgan fingerprint density at radius 2 is 1.18 bits per heavy atom. The Bertz CT molecular complexity index is 3040. The van der Waals surface area contributed by atoms with Crippen LogP contribution in [0.15, 0.2) is 121 Å². The smallest absolute Gasteiger partial charge is 0.320 e. The molecule has 1 atom stereocenters. The van der Waals surface area contributed by atoms with Gasteiger partial charge in [0.15, 0.2) is 5.52 Å². The van der Waals surface area contributed by atoms with Crippen molar-refractivity contribution in [1.29, 1.82) is 0 Å². The summed E-state index contributed by atoms with van der Waals surface area (Å²) in [5, 5.41) is 10.2. The van der Waals surface area contributed by atoms with E-state index in [1.165, 1.54) is 82.1 Å². The summed E-state index contributed by atoms with van der Waals surface area (Å²) in [5.74, 6) is 1.69. The normalized spacial score (nSPS) is 17.4. The molecule has 44 heavy (non-hydrogen) atoms. The van der Waals surface area contributed by atoms with Gasteiger partial charge in [0.25, 0.3) is 11.8 Å². The van der Waals surface area contributed by atoms with Crippen LogP contribution in [-0.2, 0) is 5.66 Å². The second kappa shape index (κ2) is 6.36. The van der Waals surface area contributed by atoms with E-state index in [1.54, 1.807) is 0 Å². The zero-order valence-corrected chi connectivity index (χ0v) is 23.2. The molecule has 0 N–H and O–H groups in total. The molecule has 3 aliphatic heterocycles. The number of ether oxygens (including phenoxy) is 1. The number of fused-ring (bicyclic) bond motifs is 7. The first kappa shape index (κ1) is 20.9. The molecule has 5 nitrogen and oxygen atoms in total. The second-order valence-electron chi connectivity index (χ2n) is 12.5. The lowest BCUT2D eigenvalue weighted by Crippen LogP contribution is -2.79. The van der Waals surface area contributed by atoms with Gasteiger partial charge >= 0.3 is 17.0 Å². The number of rotatable bonds is 0. The number of para-hydroxylation sites is 3. The van der Waals surface area contributed by atoms with E-state index in [-0.39, 0.29) is 0 Å². The third-order valence-electron chi connectivity index (χ3n) is 10.8. The van der Waals surface area contributed by atoms with Gasteiger partial charge in [-0.3, -0.25) is 0 Å². The van der Waals surface area contributed by atoms with E-state index in [1.807, 2.05) is 0 Å². The first-order chi connectivity index (χ1) is 21.9. The van der Waals surface area contributed by atoms with Gasteiger partial charge in [0.1, 0.15) is 16.7 Å². The molecule has 0 amide bonds. The number of aromatic nitrogens is 4. The molecule has 3 aliphatic rings. The van der Waals surface area contributed by atoms with E-state index in [2.05, 4.69) is 139 Å². The van der Waals surface area contributed by atoms with E-state index in [9.17, 15) is 0 Å². The lowest BCUT2D eigenvalue weighted by atomic mass is 9.84. The highest BCUT2D eigenvalue weighted by atomic mass is 16.5. The molecule has 5 heteroatoms. The Balaban J connectivity index is 1.42. The highest BCUT2D eigenvalue weighted by Crippen LogP contribution is 2.51. The maximum absolute atomic E-state index is 6.95. The summed E-state index contributed by atoms with van der Waals surface area (Å²) in [5.41, 5.74) is 9.09. The quantitative estimate of drug-likeness (QED) is 0.106. The Morgan fingerprint density at radius 1 is 0.500 bits per heavy atom. The Kier molecular flexibility index (Phi) is 3.01. The molecule has 1 unspecified atom stereocenters. The third-order valence-corrected chi connectivity index (χ3v) is 10.8. The molecular weight excluding hydrogens is 540 g/mol. The predicted molar refractivity (Wildman–Crippen MR) is 171 cm³/mol. The van der Waals surface area contributed by atoms with Crippen molar-refractivity contribution in [3.63, 3.8) is 0 Å². The largest absolute Gasteiger partial charge is 0.386 e. The van der Waals surface area contributed by atoms with Crippen molar-refractivity contribution in [3.05, 3.63) is 132 Å². The summed E-state index contributed by atoms with van der Waals surface area (Å²) in [4.78, 5) is 0. The number of nitrogens with zero attached hydrogens (tertiary/aromatic N) is 4. The minimum Gasteiger partial charge on any atom is -0.386 e. The lowest BCUT2D eigenvalue weighted by Gasteiger charge is -2.39. The van der Waals surface area contributed by atoms with Crippen LogP contribution in [0.25, 0.3) is 76.6 Å². The fourth-order valence-electron chi connectivity index (χ4n) is 9.40. The monoisotopic (exact) mass is 560 g/mol. The van der Waals surface area contributed by atoms with E-state index < -0.39 is 5.66 Å². The zero-order valence-electron chi connectivity index (χ0n) is 23.2. The first-order valence-electron chi connectivity index (χ1n) is 15.2. The fraction of sp³-hybridized carbons (Fsp3) is 0.0256. The fourth-order valence-corrected chi connectivity index (χ4v) is 9.40. The second-order valence-corrected chi connectivity index (χ2v) is 12.5. The maximum atomic E-state index is 6.95. The summed E-state index contributed by atoms with van der Waals surface area (Å²) >= 11 is 0. The molecular formula is C39H20N4O+2. The van der Waals surface area contributed by atoms with Crippen LogP contribution in [0.3, 0.4) is 0 Å². The van der Waals surface area contributed by atoms with Crippen molar-refractivity contribution in [2.75, 3.05) is 0 Å². The number of hydrogen-bond acceptors (Lipinski definition) is 1. The van der Waals surface area contributed by atoms with Gasteiger partial charge < -0.3 is 4.74 Å². The van der Waals surface area contributed by atoms with E-state index in [0.717, 1.165) is 17.4 Å². The van der Waals surface area contributed by atoms with Crippen LogP contribution in [0.4, 0.5) is 0 Å². The molecule has 10 aromatic rings. The van der Waals surface area contributed by atoms with Crippen molar-refractivity contribution >= 4 is 70.9 Å². The molecule has 0 fully saturated rings. The maximum Gasteiger partial charge on any atom is 0.320 e. The van der Waals surface area contributed by atoms with E-state index in [4.69, 9.17) is 4.74 Å². The van der Waals surface area contributed by atoms with Crippen molar-refractivity contribution in [2.24, 2.45) is 0 Å². The summed E-state index contributed by atoms with van der Waals surface area (Å²) in [6.45, 7) is 0. The van der Waals surface area contributed by atoms with E-state index in [0.29, 0.717) is 0 Å². The van der Waals surface area contributed by atoms with Gasteiger partial charge in [0, 0.05) is 39.1 Å². The number of pyridine rings is 3. The van der Waals surface area contributed by atoms with Crippen LogP contribution in [0.2, 0.25) is 0 Å². The molecule has 0 saturated heterocycles. The summed E-state index contributed by atoms with van der Waals surface area (Å²) in [6, 6.07) is 44.9. The molecule has 13 rings (SSSR count). The van der Waals surface area contributed by atoms with Crippen molar-refractivity contribution in [2.45, 2.75) is 5.66 Å². The Morgan fingerprint density at radius 3 is 2.11 bits per heavy atom. The number of hydrogen-bond donors (Lipinski definition) is 0.